The lowest BCUT2D eigenvalue weighted by atomic mass is 10.1. The molecule has 0 spiro atoms. The Morgan fingerprint density at radius 3 is 1.62 bits per heavy atom. The van der Waals surface area contributed by atoms with Gasteiger partial charge in [0.2, 0.25) is 0 Å². The van der Waals surface area contributed by atoms with Crippen molar-refractivity contribution in [1.29, 1.82) is 0 Å². The summed E-state index contributed by atoms with van der Waals surface area (Å²) < 4.78 is 10.6. The molecular formula is C16H14BO4. The number of rotatable bonds is 6. The van der Waals surface area contributed by atoms with Crippen LogP contribution in [0.4, 0.5) is 0 Å². The maximum absolute atomic E-state index is 11.3. The molecule has 0 saturated carbocycles. The Hall–Kier alpha value is -2.56. The molecule has 0 unspecified atom stereocenters. The van der Waals surface area contributed by atoms with E-state index in [9.17, 15) is 9.59 Å². The molecule has 2 rings (SSSR count). The van der Waals surface area contributed by atoms with Crippen LogP contribution in [-0.4, -0.2) is 19.3 Å². The maximum atomic E-state index is 11.3. The van der Waals surface area contributed by atoms with Crippen LogP contribution in [-0.2, 0) is 0 Å². The van der Waals surface area contributed by atoms with E-state index in [0.29, 0.717) is 22.6 Å². The molecule has 0 N–H and O–H groups in total. The van der Waals surface area contributed by atoms with E-state index < -0.39 is 0 Å². The fourth-order valence-corrected chi connectivity index (χ4v) is 1.71. The summed E-state index contributed by atoms with van der Waals surface area (Å²) in [6.45, 7) is 2.99. The zero-order chi connectivity index (χ0) is 15.2. The van der Waals surface area contributed by atoms with Crippen LogP contribution in [0.1, 0.15) is 34.6 Å². The summed E-state index contributed by atoms with van der Waals surface area (Å²) in [5.41, 5.74) is 1.14. The average molecular weight is 281 g/mol. The molecule has 0 amide bonds. The minimum Gasteiger partial charge on any atom is -0.526 e. The summed E-state index contributed by atoms with van der Waals surface area (Å²) in [5, 5.41) is 0. The van der Waals surface area contributed by atoms with E-state index in [1.54, 1.807) is 48.5 Å². The molecule has 2 aromatic carbocycles. The molecule has 0 aliphatic heterocycles. The zero-order valence-corrected chi connectivity index (χ0v) is 11.8. The monoisotopic (exact) mass is 281 g/mol. The Balaban J connectivity index is 1.95. The van der Waals surface area contributed by atoms with Gasteiger partial charge < -0.3 is 9.31 Å². The summed E-state index contributed by atoms with van der Waals surface area (Å²) in [5.74, 6) is 0.946. The van der Waals surface area contributed by atoms with E-state index >= 15 is 0 Å². The van der Waals surface area contributed by atoms with Gasteiger partial charge in [0.1, 0.15) is 11.5 Å². The second kappa shape index (κ2) is 6.75. The highest BCUT2D eigenvalue weighted by Crippen LogP contribution is 2.16. The van der Waals surface area contributed by atoms with Gasteiger partial charge >= 0.3 is 7.69 Å². The van der Waals surface area contributed by atoms with Crippen LogP contribution in [0.15, 0.2) is 48.5 Å². The highest BCUT2D eigenvalue weighted by atomic mass is 16.6. The minimum atomic E-state index is -0.0319. The molecule has 1 radical (unpaired) electrons. The number of carbonyl (C=O) groups excluding carboxylic acids is 2. The number of Topliss-reactive ketones (excluding diaryl/α,β-unsaturated/α-hetero) is 2. The number of benzene rings is 2. The highest BCUT2D eigenvalue weighted by Gasteiger charge is 2.06. The zero-order valence-electron chi connectivity index (χ0n) is 11.8. The number of hydrogen-bond acceptors (Lipinski definition) is 4. The Morgan fingerprint density at radius 2 is 1.24 bits per heavy atom. The molecule has 0 aliphatic rings. The molecule has 0 bridgehead atoms. The van der Waals surface area contributed by atoms with Gasteiger partial charge in [-0.15, -0.1) is 0 Å². The van der Waals surface area contributed by atoms with E-state index in [2.05, 4.69) is 0 Å². The second-order valence-corrected chi connectivity index (χ2v) is 4.50. The van der Waals surface area contributed by atoms with Gasteiger partial charge in [-0.05, 0) is 38.1 Å². The van der Waals surface area contributed by atoms with Crippen LogP contribution in [0.3, 0.4) is 0 Å². The van der Waals surface area contributed by atoms with Crippen molar-refractivity contribution in [2.24, 2.45) is 0 Å². The average Bonchev–Trinajstić information content (AvgIpc) is 2.48. The molecule has 5 heteroatoms. The van der Waals surface area contributed by atoms with Crippen molar-refractivity contribution in [2.75, 3.05) is 0 Å². The van der Waals surface area contributed by atoms with Crippen molar-refractivity contribution in [3.63, 3.8) is 0 Å². The van der Waals surface area contributed by atoms with E-state index in [0.717, 1.165) is 0 Å². The van der Waals surface area contributed by atoms with E-state index in [-0.39, 0.29) is 11.6 Å². The molecule has 0 atom stereocenters. The fourth-order valence-electron chi connectivity index (χ4n) is 1.71. The first-order valence-corrected chi connectivity index (χ1v) is 6.43. The summed E-state index contributed by atoms with van der Waals surface area (Å²) in [7, 11) is 1.17. The van der Waals surface area contributed by atoms with Crippen molar-refractivity contribution in [2.45, 2.75) is 13.8 Å². The quantitative estimate of drug-likeness (QED) is 0.603. The summed E-state index contributed by atoms with van der Waals surface area (Å²) in [4.78, 5) is 22.5. The lowest BCUT2D eigenvalue weighted by Gasteiger charge is -2.08. The van der Waals surface area contributed by atoms with Crippen LogP contribution in [0.2, 0.25) is 0 Å². The Kier molecular flexibility index (Phi) is 4.77. The minimum absolute atomic E-state index is 0.0319. The van der Waals surface area contributed by atoms with Crippen LogP contribution in [0.25, 0.3) is 0 Å². The first-order valence-electron chi connectivity index (χ1n) is 6.43. The third-order valence-corrected chi connectivity index (χ3v) is 2.85. The Morgan fingerprint density at radius 1 is 0.810 bits per heavy atom. The van der Waals surface area contributed by atoms with E-state index in [4.69, 9.17) is 9.31 Å². The van der Waals surface area contributed by atoms with Crippen LogP contribution < -0.4 is 9.31 Å². The maximum Gasteiger partial charge on any atom is 0.658 e. The van der Waals surface area contributed by atoms with Crippen molar-refractivity contribution < 1.29 is 18.9 Å². The topological polar surface area (TPSA) is 52.6 Å². The van der Waals surface area contributed by atoms with Gasteiger partial charge in [0, 0.05) is 11.1 Å². The van der Waals surface area contributed by atoms with Gasteiger partial charge in [-0.25, -0.2) is 0 Å². The number of hydrogen-bond donors (Lipinski definition) is 0. The van der Waals surface area contributed by atoms with Gasteiger partial charge in [-0.3, -0.25) is 9.59 Å². The number of carbonyl (C=O) groups is 2. The lowest BCUT2D eigenvalue weighted by Crippen LogP contribution is -2.11. The number of ketones is 2. The third kappa shape index (κ3) is 4.21. The second-order valence-electron chi connectivity index (χ2n) is 4.50. The first-order chi connectivity index (χ1) is 10.1. The predicted molar refractivity (Wildman–Crippen MR) is 79.9 cm³/mol. The summed E-state index contributed by atoms with van der Waals surface area (Å²) in [6, 6.07) is 13.6. The molecule has 0 saturated heterocycles. The van der Waals surface area contributed by atoms with Crippen LogP contribution in [0, 0.1) is 0 Å². The summed E-state index contributed by atoms with van der Waals surface area (Å²) in [6.07, 6.45) is 0. The Bertz CT molecular complexity index is 609. The van der Waals surface area contributed by atoms with Gasteiger partial charge in [-0.1, -0.05) is 24.3 Å². The van der Waals surface area contributed by atoms with E-state index in [1.165, 1.54) is 21.5 Å². The predicted octanol–water partition coefficient (Wildman–Crippen LogP) is 3.08. The van der Waals surface area contributed by atoms with Crippen LogP contribution in [0.5, 0.6) is 11.5 Å². The molecule has 4 nitrogen and oxygen atoms in total. The van der Waals surface area contributed by atoms with Gasteiger partial charge in [-0.2, -0.15) is 0 Å². The molecule has 21 heavy (non-hydrogen) atoms. The van der Waals surface area contributed by atoms with Gasteiger partial charge in [0.25, 0.3) is 0 Å². The highest BCUT2D eigenvalue weighted by molar-refractivity contribution is 6.20. The van der Waals surface area contributed by atoms with Crippen molar-refractivity contribution in [3.05, 3.63) is 59.7 Å². The molecule has 105 valence electrons. The molecule has 0 fully saturated rings. The molecule has 0 heterocycles. The normalized spacial score (nSPS) is 9.81. The fraction of sp³-hybridized carbons (Fsp3) is 0.125. The van der Waals surface area contributed by atoms with Crippen molar-refractivity contribution in [1.82, 2.24) is 0 Å². The van der Waals surface area contributed by atoms with Gasteiger partial charge in [0.15, 0.2) is 11.6 Å². The smallest absolute Gasteiger partial charge is 0.526 e. The van der Waals surface area contributed by atoms with Crippen molar-refractivity contribution >= 4 is 19.3 Å². The Labute approximate surface area is 124 Å². The molecular weight excluding hydrogens is 267 g/mol. The largest absolute Gasteiger partial charge is 0.658 e. The van der Waals surface area contributed by atoms with Gasteiger partial charge in [0.05, 0.1) is 0 Å². The lowest BCUT2D eigenvalue weighted by molar-refractivity contribution is 0.100. The van der Waals surface area contributed by atoms with Crippen LogP contribution >= 0.6 is 0 Å². The van der Waals surface area contributed by atoms with E-state index in [1.807, 2.05) is 0 Å². The molecule has 2 aromatic rings. The van der Waals surface area contributed by atoms with Crippen molar-refractivity contribution in [3.8, 4) is 11.5 Å². The summed E-state index contributed by atoms with van der Waals surface area (Å²) >= 11 is 0. The molecule has 0 aromatic heterocycles. The molecule has 0 aliphatic carbocycles. The first kappa shape index (κ1) is 14.8. The third-order valence-electron chi connectivity index (χ3n) is 2.85. The standard InChI is InChI=1S/C16H14BO4/c1-11(18)13-5-3-7-15(9-13)20-17-21-16-8-4-6-14(10-16)12(2)19/h3-10H,1-2H3. The SMILES string of the molecule is CC(=O)c1cccc(O[B]Oc2cccc(C(C)=O)c2)c1.